The molecule has 9 nitrogen and oxygen atoms in total. The summed E-state index contributed by atoms with van der Waals surface area (Å²) in [5, 5.41) is 12.7. The lowest BCUT2D eigenvalue weighted by Crippen LogP contribution is -2.27. The zero-order valence-electron chi connectivity index (χ0n) is 17.7. The van der Waals surface area contributed by atoms with Gasteiger partial charge in [0.1, 0.15) is 12.4 Å². The number of hydrogen-bond donors (Lipinski definition) is 3. The molecular weight excluding hydrogens is 418 g/mol. The van der Waals surface area contributed by atoms with Crippen LogP contribution in [0.2, 0.25) is 0 Å². The lowest BCUT2D eigenvalue weighted by molar-refractivity contribution is -0.123. The summed E-state index contributed by atoms with van der Waals surface area (Å²) >= 11 is 1.55. The van der Waals surface area contributed by atoms with Crippen molar-refractivity contribution in [1.82, 2.24) is 19.9 Å². The Hall–Kier alpha value is -3.53. The standard InChI is InChI=1S/C20H23N5O2S.CH2O2/c1-12-5-6-16(20(27)23-13(2)19-14(3)28-11-22-19)9-17(12)24-18(26)10-25-8-7-21-15(25)4;2-1-3/h5-9,11,13H,10H2,1-4H3,(H,23,27)(H,24,26);1H,(H,2,3). The van der Waals surface area contributed by atoms with Gasteiger partial charge >= 0.3 is 0 Å². The number of rotatable bonds is 6. The van der Waals surface area contributed by atoms with Crippen LogP contribution < -0.4 is 10.6 Å². The second kappa shape index (κ2) is 11.0. The third-order valence-corrected chi connectivity index (χ3v) is 5.32. The number of nitrogens with one attached hydrogen (secondary N) is 2. The highest BCUT2D eigenvalue weighted by Crippen LogP contribution is 2.21. The molecule has 0 bridgehead atoms. The summed E-state index contributed by atoms with van der Waals surface area (Å²) in [6, 6.07) is 5.08. The number of amides is 2. The first-order valence-corrected chi connectivity index (χ1v) is 10.3. The number of aromatic nitrogens is 3. The molecule has 0 radical (unpaired) electrons. The van der Waals surface area contributed by atoms with Crippen molar-refractivity contribution in [3.05, 3.63) is 63.6 Å². The van der Waals surface area contributed by atoms with E-state index in [-0.39, 0.29) is 30.9 Å². The van der Waals surface area contributed by atoms with Gasteiger partial charge in [-0.2, -0.15) is 0 Å². The van der Waals surface area contributed by atoms with Crippen molar-refractivity contribution in [3.63, 3.8) is 0 Å². The first-order valence-electron chi connectivity index (χ1n) is 9.43. The van der Waals surface area contributed by atoms with Crippen LogP contribution in [0.25, 0.3) is 0 Å². The van der Waals surface area contributed by atoms with E-state index in [0.29, 0.717) is 11.3 Å². The van der Waals surface area contributed by atoms with E-state index in [1.54, 1.807) is 45.9 Å². The number of benzene rings is 1. The third-order valence-electron chi connectivity index (χ3n) is 4.55. The first-order chi connectivity index (χ1) is 14.8. The summed E-state index contributed by atoms with van der Waals surface area (Å²) in [5.74, 6) is 0.389. The van der Waals surface area contributed by atoms with Crippen molar-refractivity contribution in [2.24, 2.45) is 0 Å². The van der Waals surface area contributed by atoms with Crippen LogP contribution in [0.1, 0.15) is 45.3 Å². The molecule has 10 heteroatoms. The van der Waals surface area contributed by atoms with Crippen LogP contribution >= 0.6 is 11.3 Å². The number of aryl methyl sites for hydroxylation is 3. The molecule has 1 unspecified atom stereocenters. The summed E-state index contributed by atoms with van der Waals surface area (Å²) in [5.41, 5.74) is 4.63. The summed E-state index contributed by atoms with van der Waals surface area (Å²) < 4.78 is 1.76. The monoisotopic (exact) mass is 443 g/mol. The molecule has 31 heavy (non-hydrogen) atoms. The maximum atomic E-state index is 12.7. The highest BCUT2D eigenvalue weighted by molar-refractivity contribution is 7.09. The number of anilines is 1. The molecule has 0 aliphatic carbocycles. The van der Waals surface area contributed by atoms with Gasteiger partial charge in [-0.1, -0.05) is 6.07 Å². The smallest absolute Gasteiger partial charge is 0.290 e. The number of hydrogen-bond acceptors (Lipinski definition) is 6. The fourth-order valence-corrected chi connectivity index (χ4v) is 3.57. The highest BCUT2D eigenvalue weighted by atomic mass is 32.1. The molecular formula is C21H25N5O4S. The van der Waals surface area contributed by atoms with Gasteiger partial charge in [0, 0.05) is 28.5 Å². The average Bonchev–Trinajstić information content (AvgIpc) is 3.32. The fourth-order valence-electron chi connectivity index (χ4n) is 2.89. The maximum absolute atomic E-state index is 12.7. The van der Waals surface area contributed by atoms with Crippen LogP contribution in [0.15, 0.2) is 36.1 Å². The molecule has 1 atom stereocenters. The second-order valence-corrected chi connectivity index (χ2v) is 7.83. The lowest BCUT2D eigenvalue weighted by atomic mass is 10.1. The molecule has 2 amide bonds. The Balaban J connectivity index is 0.00000107. The van der Waals surface area contributed by atoms with Gasteiger partial charge < -0.3 is 20.3 Å². The Bertz CT molecular complexity index is 1060. The summed E-state index contributed by atoms with van der Waals surface area (Å²) in [4.78, 5) is 42.9. The van der Waals surface area contributed by atoms with E-state index in [2.05, 4.69) is 20.6 Å². The number of carboxylic acid groups (broad SMARTS) is 1. The summed E-state index contributed by atoms with van der Waals surface area (Å²) in [6.45, 7) is 7.54. The largest absolute Gasteiger partial charge is 0.483 e. The number of thiazole rings is 1. The van der Waals surface area contributed by atoms with Crippen LogP contribution in [-0.4, -0.2) is 37.9 Å². The molecule has 1 aromatic carbocycles. The van der Waals surface area contributed by atoms with Gasteiger partial charge in [-0.3, -0.25) is 14.4 Å². The molecule has 0 aliphatic heterocycles. The van der Waals surface area contributed by atoms with E-state index in [1.165, 1.54) is 0 Å². The summed E-state index contributed by atoms with van der Waals surface area (Å²) in [7, 11) is 0. The van der Waals surface area contributed by atoms with Crippen molar-refractivity contribution >= 4 is 35.3 Å². The van der Waals surface area contributed by atoms with Gasteiger partial charge in [0.15, 0.2) is 0 Å². The second-order valence-electron chi connectivity index (χ2n) is 6.77. The Morgan fingerprint density at radius 2 is 1.97 bits per heavy atom. The molecule has 3 aromatic rings. The van der Waals surface area contributed by atoms with Gasteiger partial charge in [0.25, 0.3) is 12.4 Å². The summed E-state index contributed by atoms with van der Waals surface area (Å²) in [6.07, 6.45) is 3.41. The Morgan fingerprint density at radius 3 is 2.55 bits per heavy atom. The zero-order chi connectivity index (χ0) is 23.0. The highest BCUT2D eigenvalue weighted by Gasteiger charge is 2.16. The van der Waals surface area contributed by atoms with Crippen LogP contribution in [-0.2, 0) is 16.1 Å². The van der Waals surface area contributed by atoms with Crippen molar-refractivity contribution in [2.75, 3.05) is 5.32 Å². The van der Waals surface area contributed by atoms with Gasteiger partial charge in [-0.25, -0.2) is 9.97 Å². The number of carbonyl (C=O) groups excluding carboxylic acids is 2. The number of imidazole rings is 1. The minimum atomic E-state index is -0.250. The number of nitrogens with zero attached hydrogens (tertiary/aromatic N) is 3. The molecule has 0 fully saturated rings. The predicted octanol–water partition coefficient (Wildman–Crippen LogP) is 3.10. The van der Waals surface area contributed by atoms with E-state index in [1.807, 2.05) is 33.8 Å². The zero-order valence-corrected chi connectivity index (χ0v) is 18.6. The average molecular weight is 444 g/mol. The third kappa shape index (κ3) is 6.48. The lowest BCUT2D eigenvalue weighted by Gasteiger charge is -2.15. The molecule has 0 saturated carbocycles. The van der Waals surface area contributed by atoms with Crippen LogP contribution in [0.5, 0.6) is 0 Å². The topological polar surface area (TPSA) is 126 Å². The Morgan fingerprint density at radius 1 is 1.26 bits per heavy atom. The molecule has 2 heterocycles. The minimum absolute atomic E-state index is 0.168. The van der Waals surface area contributed by atoms with E-state index >= 15 is 0 Å². The molecule has 3 N–H and O–H groups in total. The molecule has 0 saturated heterocycles. The van der Waals surface area contributed by atoms with Crippen molar-refractivity contribution in [1.29, 1.82) is 0 Å². The molecule has 164 valence electrons. The Kier molecular flexibility index (Phi) is 8.44. The van der Waals surface area contributed by atoms with Crippen molar-refractivity contribution in [3.8, 4) is 0 Å². The van der Waals surface area contributed by atoms with Crippen molar-refractivity contribution in [2.45, 2.75) is 40.3 Å². The maximum Gasteiger partial charge on any atom is 0.290 e. The SMILES string of the molecule is Cc1ccc(C(=O)NC(C)c2ncsc2C)cc1NC(=O)Cn1ccnc1C.O=CO. The molecule has 2 aromatic heterocycles. The van der Waals surface area contributed by atoms with E-state index in [9.17, 15) is 9.59 Å². The van der Waals surface area contributed by atoms with E-state index in [4.69, 9.17) is 9.90 Å². The first kappa shape index (κ1) is 23.7. The molecule has 3 rings (SSSR count). The van der Waals surface area contributed by atoms with Crippen LogP contribution in [0, 0.1) is 20.8 Å². The number of carbonyl (C=O) groups is 3. The van der Waals surface area contributed by atoms with Gasteiger partial charge in [-0.05, 0) is 45.4 Å². The minimum Gasteiger partial charge on any atom is -0.483 e. The quantitative estimate of drug-likeness (QED) is 0.503. The predicted molar refractivity (Wildman–Crippen MR) is 118 cm³/mol. The van der Waals surface area contributed by atoms with Gasteiger partial charge in [0.05, 0.1) is 17.2 Å². The normalized spacial score (nSPS) is 11.1. The van der Waals surface area contributed by atoms with E-state index < -0.39 is 0 Å². The fraction of sp³-hybridized carbons (Fsp3) is 0.286. The van der Waals surface area contributed by atoms with Crippen molar-refractivity contribution < 1.29 is 19.5 Å². The van der Waals surface area contributed by atoms with Gasteiger partial charge in [-0.15, -0.1) is 11.3 Å². The van der Waals surface area contributed by atoms with Crippen LogP contribution in [0.3, 0.4) is 0 Å². The van der Waals surface area contributed by atoms with Gasteiger partial charge in [0.2, 0.25) is 5.91 Å². The van der Waals surface area contributed by atoms with Crippen LogP contribution in [0.4, 0.5) is 5.69 Å². The molecule has 0 spiro atoms. The molecule has 0 aliphatic rings. The van der Waals surface area contributed by atoms with E-state index in [0.717, 1.165) is 22.0 Å². The Labute approximate surface area is 184 Å².